The van der Waals surface area contributed by atoms with Crippen molar-refractivity contribution in [2.45, 2.75) is 26.2 Å². The molecule has 1 aromatic heterocycles. The van der Waals surface area contributed by atoms with Gasteiger partial charge in [0.25, 0.3) is 0 Å². The van der Waals surface area contributed by atoms with Crippen LogP contribution in [0.1, 0.15) is 31.0 Å². The van der Waals surface area contributed by atoms with Gasteiger partial charge >= 0.3 is 0 Å². The highest BCUT2D eigenvalue weighted by atomic mass is 127. The van der Waals surface area contributed by atoms with Crippen LogP contribution in [0.3, 0.4) is 0 Å². The van der Waals surface area contributed by atoms with Crippen LogP contribution < -0.4 is 0 Å². The molecule has 0 aliphatic heterocycles. The van der Waals surface area contributed by atoms with Crippen molar-refractivity contribution in [1.29, 1.82) is 0 Å². The predicted octanol–water partition coefficient (Wildman–Crippen LogP) is 4.94. The zero-order chi connectivity index (χ0) is 13.0. The van der Waals surface area contributed by atoms with Gasteiger partial charge in [0.1, 0.15) is 0 Å². The molecule has 1 atom stereocenters. The molecule has 18 heavy (non-hydrogen) atoms. The molecule has 0 saturated heterocycles. The molecular weight excluding hydrogens is 333 g/mol. The fourth-order valence-corrected chi connectivity index (χ4v) is 2.49. The van der Waals surface area contributed by atoms with E-state index in [0.29, 0.717) is 5.92 Å². The summed E-state index contributed by atoms with van der Waals surface area (Å²) in [6.45, 7) is 5.89. The maximum Gasteiger partial charge on any atom is 0.0653 e. The molecule has 0 saturated carbocycles. The van der Waals surface area contributed by atoms with E-state index in [1.54, 1.807) is 0 Å². The van der Waals surface area contributed by atoms with Crippen LogP contribution in [0, 0.1) is 5.92 Å². The standard InChI is InChI=1S/C16H18IN/c1-12(2)16-10-7-14(11-18-16)4-3-13-5-8-15(17)9-6-13/h5,7-11,13H,1,3-4,6H2,2H3. The molecule has 2 rings (SSSR count). The molecule has 0 amide bonds. The summed E-state index contributed by atoms with van der Waals surface area (Å²) in [6.07, 6.45) is 12.3. The van der Waals surface area contributed by atoms with Gasteiger partial charge in [-0.05, 0) is 71.9 Å². The van der Waals surface area contributed by atoms with E-state index in [4.69, 9.17) is 0 Å². The van der Waals surface area contributed by atoms with Crippen LogP contribution in [0.4, 0.5) is 0 Å². The number of nitrogens with zero attached hydrogens (tertiary/aromatic N) is 1. The first-order valence-electron chi connectivity index (χ1n) is 6.30. The van der Waals surface area contributed by atoms with Crippen molar-refractivity contribution in [1.82, 2.24) is 4.98 Å². The lowest BCUT2D eigenvalue weighted by molar-refractivity contribution is 0.593. The van der Waals surface area contributed by atoms with Gasteiger partial charge in [0.2, 0.25) is 0 Å². The number of halogens is 1. The first kappa shape index (κ1) is 13.5. The van der Waals surface area contributed by atoms with Crippen LogP contribution >= 0.6 is 22.6 Å². The highest BCUT2D eigenvalue weighted by Gasteiger charge is 2.08. The van der Waals surface area contributed by atoms with Gasteiger partial charge in [0.05, 0.1) is 5.69 Å². The van der Waals surface area contributed by atoms with Crippen molar-refractivity contribution in [2.24, 2.45) is 5.92 Å². The summed E-state index contributed by atoms with van der Waals surface area (Å²) in [5, 5.41) is 0. The Balaban J connectivity index is 1.87. The third kappa shape index (κ3) is 3.80. The smallest absolute Gasteiger partial charge is 0.0653 e. The fourth-order valence-electron chi connectivity index (χ4n) is 2.03. The number of aryl methyl sites for hydroxylation is 1. The van der Waals surface area contributed by atoms with Gasteiger partial charge in [0.15, 0.2) is 0 Å². The molecule has 0 fully saturated rings. The van der Waals surface area contributed by atoms with E-state index in [1.807, 2.05) is 13.1 Å². The van der Waals surface area contributed by atoms with E-state index in [-0.39, 0.29) is 0 Å². The van der Waals surface area contributed by atoms with Gasteiger partial charge in [0, 0.05) is 9.78 Å². The maximum atomic E-state index is 4.42. The largest absolute Gasteiger partial charge is 0.256 e. The topological polar surface area (TPSA) is 12.9 Å². The van der Waals surface area contributed by atoms with Crippen molar-refractivity contribution >= 4 is 28.2 Å². The molecule has 1 heterocycles. The molecule has 0 N–H and O–H groups in total. The summed E-state index contributed by atoms with van der Waals surface area (Å²) in [7, 11) is 0. The van der Waals surface area contributed by atoms with Gasteiger partial charge in [-0.25, -0.2) is 0 Å². The van der Waals surface area contributed by atoms with Crippen LogP contribution in [0.5, 0.6) is 0 Å². The van der Waals surface area contributed by atoms with Crippen LogP contribution in [0.25, 0.3) is 5.57 Å². The van der Waals surface area contributed by atoms with Crippen LogP contribution in [0.15, 0.2) is 46.7 Å². The predicted molar refractivity (Wildman–Crippen MR) is 86.6 cm³/mol. The monoisotopic (exact) mass is 351 g/mol. The minimum Gasteiger partial charge on any atom is -0.256 e. The van der Waals surface area contributed by atoms with Gasteiger partial charge in [-0.2, -0.15) is 0 Å². The highest BCUT2D eigenvalue weighted by Crippen LogP contribution is 2.24. The maximum absolute atomic E-state index is 4.42. The highest BCUT2D eigenvalue weighted by molar-refractivity contribution is 14.1. The Hall–Kier alpha value is -0.900. The van der Waals surface area contributed by atoms with Gasteiger partial charge < -0.3 is 0 Å². The Morgan fingerprint density at radius 3 is 2.89 bits per heavy atom. The molecule has 0 radical (unpaired) electrons. The molecule has 0 bridgehead atoms. The Morgan fingerprint density at radius 1 is 1.50 bits per heavy atom. The van der Waals surface area contributed by atoms with Crippen molar-refractivity contribution in [3.8, 4) is 0 Å². The fraction of sp³-hybridized carbons (Fsp3) is 0.312. The summed E-state index contributed by atoms with van der Waals surface area (Å²) in [5.74, 6) is 0.685. The van der Waals surface area contributed by atoms with Gasteiger partial charge in [-0.1, -0.05) is 30.9 Å². The van der Waals surface area contributed by atoms with E-state index in [2.05, 4.69) is 64.5 Å². The first-order valence-corrected chi connectivity index (χ1v) is 7.37. The van der Waals surface area contributed by atoms with E-state index in [0.717, 1.165) is 17.7 Å². The van der Waals surface area contributed by atoms with Gasteiger partial charge in [-0.3, -0.25) is 4.98 Å². The minimum atomic E-state index is 0.685. The summed E-state index contributed by atoms with van der Waals surface area (Å²) in [6, 6.07) is 4.24. The second kappa shape index (κ2) is 6.32. The second-order valence-corrected chi connectivity index (χ2v) is 6.06. The third-order valence-corrected chi connectivity index (χ3v) is 4.01. The molecular formula is C16H18IN. The van der Waals surface area contributed by atoms with E-state index in [9.17, 15) is 0 Å². The Morgan fingerprint density at radius 2 is 2.33 bits per heavy atom. The Kier molecular flexibility index (Phi) is 4.75. The van der Waals surface area contributed by atoms with Crippen LogP contribution in [-0.2, 0) is 6.42 Å². The normalized spacial score (nSPS) is 18.6. The zero-order valence-electron chi connectivity index (χ0n) is 10.7. The molecule has 1 unspecified atom stereocenters. The quantitative estimate of drug-likeness (QED) is 0.700. The lowest BCUT2D eigenvalue weighted by Crippen LogP contribution is -2.01. The van der Waals surface area contributed by atoms with Crippen molar-refractivity contribution < 1.29 is 0 Å². The summed E-state index contributed by atoms with van der Waals surface area (Å²) in [4.78, 5) is 4.42. The van der Waals surface area contributed by atoms with E-state index >= 15 is 0 Å². The number of rotatable bonds is 4. The van der Waals surface area contributed by atoms with Gasteiger partial charge in [-0.15, -0.1) is 0 Å². The lowest BCUT2D eigenvalue weighted by atomic mass is 9.94. The van der Waals surface area contributed by atoms with Crippen LogP contribution in [0.2, 0.25) is 0 Å². The number of aromatic nitrogens is 1. The van der Waals surface area contributed by atoms with E-state index in [1.165, 1.54) is 22.0 Å². The van der Waals surface area contributed by atoms with E-state index < -0.39 is 0 Å². The average molecular weight is 351 g/mol. The molecule has 1 aromatic rings. The Bertz CT molecular complexity index is 482. The summed E-state index contributed by atoms with van der Waals surface area (Å²) < 4.78 is 1.36. The Labute approximate surface area is 123 Å². The van der Waals surface area contributed by atoms with Crippen molar-refractivity contribution in [3.63, 3.8) is 0 Å². The molecule has 1 nitrogen and oxygen atoms in total. The molecule has 0 spiro atoms. The second-order valence-electron chi connectivity index (χ2n) is 4.81. The number of hydrogen-bond donors (Lipinski definition) is 0. The molecule has 1 aliphatic rings. The van der Waals surface area contributed by atoms with Crippen molar-refractivity contribution in [2.75, 3.05) is 0 Å². The molecule has 0 aromatic carbocycles. The lowest BCUT2D eigenvalue weighted by Gasteiger charge is -2.14. The summed E-state index contributed by atoms with van der Waals surface area (Å²) >= 11 is 2.37. The molecule has 1 aliphatic carbocycles. The summed E-state index contributed by atoms with van der Waals surface area (Å²) in [5.41, 5.74) is 3.34. The number of hydrogen-bond acceptors (Lipinski definition) is 1. The number of pyridine rings is 1. The SMILES string of the molecule is C=C(C)c1ccc(CCC2C=CC(I)=CC2)cn1. The van der Waals surface area contributed by atoms with Crippen molar-refractivity contribution in [3.05, 3.63) is 58.0 Å². The minimum absolute atomic E-state index is 0.685. The third-order valence-electron chi connectivity index (χ3n) is 3.21. The molecule has 2 heteroatoms. The van der Waals surface area contributed by atoms with Crippen LogP contribution in [-0.4, -0.2) is 4.98 Å². The number of allylic oxidation sites excluding steroid dienone is 5. The molecule has 94 valence electrons. The zero-order valence-corrected chi connectivity index (χ0v) is 12.9. The average Bonchev–Trinajstić information content (AvgIpc) is 2.38. The first-order chi connectivity index (χ1) is 8.65.